The maximum atomic E-state index is 12.8. The fourth-order valence-electron chi connectivity index (χ4n) is 5.54. The molecule has 2 fully saturated rings. The quantitative estimate of drug-likeness (QED) is 0.314. The number of rotatable bonds is 11. The van der Waals surface area contributed by atoms with E-state index in [9.17, 15) is 9.59 Å². The topological polar surface area (TPSA) is 61.4 Å². The summed E-state index contributed by atoms with van der Waals surface area (Å²) in [5.41, 5.74) is 4.61. The summed E-state index contributed by atoms with van der Waals surface area (Å²) < 4.78 is 0. The Labute approximate surface area is 226 Å². The number of likely N-dealkylation sites (tertiary alicyclic amines) is 1. The van der Waals surface area contributed by atoms with Crippen LogP contribution in [0.1, 0.15) is 67.1 Å². The number of nitrogens with zero attached hydrogens (tertiary/aromatic N) is 1. The number of carbonyl (C=O) groups is 2. The Morgan fingerprint density at radius 3 is 2.11 bits per heavy atom. The van der Waals surface area contributed by atoms with Gasteiger partial charge >= 0.3 is 0 Å². The molecule has 5 nitrogen and oxygen atoms in total. The van der Waals surface area contributed by atoms with Crippen molar-refractivity contribution in [2.75, 3.05) is 31.5 Å². The molecule has 5 rings (SSSR count). The second-order valence-corrected chi connectivity index (χ2v) is 10.8. The number of hydrogen-bond donors (Lipinski definition) is 2. The molecule has 0 atom stereocenters. The number of hydrogen-bond acceptors (Lipinski definition) is 3. The van der Waals surface area contributed by atoms with E-state index >= 15 is 0 Å². The molecule has 1 heterocycles. The minimum absolute atomic E-state index is 0.0666. The van der Waals surface area contributed by atoms with Crippen LogP contribution < -0.4 is 10.6 Å². The van der Waals surface area contributed by atoms with Gasteiger partial charge < -0.3 is 15.5 Å². The summed E-state index contributed by atoms with van der Waals surface area (Å²) >= 11 is 0. The van der Waals surface area contributed by atoms with Crippen LogP contribution in [0.2, 0.25) is 0 Å². The smallest absolute Gasteiger partial charge is 0.227 e. The first-order chi connectivity index (χ1) is 18.7. The molecule has 3 aromatic rings. The fraction of sp³-hybridized carbons (Fsp3) is 0.394. The lowest BCUT2D eigenvalue weighted by molar-refractivity contribution is -0.121. The Balaban J connectivity index is 1.03. The van der Waals surface area contributed by atoms with Gasteiger partial charge in [-0.05, 0) is 86.5 Å². The maximum absolute atomic E-state index is 12.8. The molecule has 1 saturated carbocycles. The molecule has 0 bridgehead atoms. The van der Waals surface area contributed by atoms with E-state index < -0.39 is 0 Å². The molecular formula is C33H39N3O2. The Morgan fingerprint density at radius 2 is 1.47 bits per heavy atom. The van der Waals surface area contributed by atoms with Crippen molar-refractivity contribution in [2.24, 2.45) is 5.92 Å². The van der Waals surface area contributed by atoms with Crippen LogP contribution in [0.5, 0.6) is 0 Å². The van der Waals surface area contributed by atoms with Crippen LogP contribution in [0.3, 0.4) is 0 Å². The summed E-state index contributed by atoms with van der Waals surface area (Å²) in [5.74, 6) is 1.10. The average molecular weight is 510 g/mol. The Bertz CT molecular complexity index is 1150. The summed E-state index contributed by atoms with van der Waals surface area (Å²) in [6, 6.07) is 29.0. The van der Waals surface area contributed by atoms with Crippen LogP contribution in [0.15, 0.2) is 84.9 Å². The molecule has 1 aliphatic carbocycles. The SMILES string of the molecule is O=C(CC(c1ccccc1)c1ccccc1)NCCCN1CCC(c2cccc(NC(=O)C3CC3)c2)CC1. The first kappa shape index (κ1) is 26.2. The van der Waals surface area contributed by atoms with Crippen molar-refractivity contribution in [3.8, 4) is 0 Å². The molecular weight excluding hydrogens is 470 g/mol. The number of piperidine rings is 1. The van der Waals surface area contributed by atoms with Gasteiger partial charge in [0.2, 0.25) is 11.8 Å². The van der Waals surface area contributed by atoms with Crippen molar-refractivity contribution in [3.05, 3.63) is 102 Å². The summed E-state index contributed by atoms with van der Waals surface area (Å²) in [7, 11) is 0. The van der Waals surface area contributed by atoms with Gasteiger partial charge in [-0.2, -0.15) is 0 Å². The van der Waals surface area contributed by atoms with Gasteiger partial charge in [-0.1, -0.05) is 72.8 Å². The van der Waals surface area contributed by atoms with E-state index in [0.29, 0.717) is 18.9 Å². The predicted molar refractivity (Wildman–Crippen MR) is 153 cm³/mol. The van der Waals surface area contributed by atoms with Gasteiger partial charge in [0.1, 0.15) is 0 Å². The predicted octanol–water partition coefficient (Wildman–Crippen LogP) is 5.94. The second-order valence-electron chi connectivity index (χ2n) is 10.8. The Hall–Kier alpha value is -3.44. The molecule has 0 aromatic heterocycles. The highest BCUT2D eigenvalue weighted by molar-refractivity contribution is 5.94. The number of carbonyl (C=O) groups excluding carboxylic acids is 2. The second kappa shape index (κ2) is 12.9. The van der Waals surface area contributed by atoms with Crippen molar-refractivity contribution < 1.29 is 9.59 Å². The Kier molecular flexibility index (Phi) is 8.87. The minimum Gasteiger partial charge on any atom is -0.356 e. The lowest BCUT2D eigenvalue weighted by atomic mass is 9.88. The van der Waals surface area contributed by atoms with Crippen LogP contribution in [0.25, 0.3) is 0 Å². The molecule has 1 aliphatic heterocycles. The van der Waals surface area contributed by atoms with E-state index in [0.717, 1.165) is 57.4 Å². The monoisotopic (exact) mass is 509 g/mol. The van der Waals surface area contributed by atoms with Crippen molar-refractivity contribution in [3.63, 3.8) is 0 Å². The van der Waals surface area contributed by atoms with Gasteiger partial charge in [-0.15, -0.1) is 0 Å². The number of nitrogens with one attached hydrogen (secondary N) is 2. The van der Waals surface area contributed by atoms with Gasteiger partial charge in [0.25, 0.3) is 0 Å². The first-order valence-electron chi connectivity index (χ1n) is 14.2. The van der Waals surface area contributed by atoms with E-state index in [1.54, 1.807) is 0 Å². The van der Waals surface area contributed by atoms with E-state index in [1.165, 1.54) is 16.7 Å². The van der Waals surface area contributed by atoms with Crippen LogP contribution in [-0.2, 0) is 9.59 Å². The van der Waals surface area contributed by atoms with Crippen molar-refractivity contribution in [1.82, 2.24) is 10.2 Å². The average Bonchev–Trinajstić information content (AvgIpc) is 3.82. The molecule has 198 valence electrons. The van der Waals surface area contributed by atoms with E-state index in [4.69, 9.17) is 0 Å². The molecule has 2 N–H and O–H groups in total. The molecule has 2 amide bonds. The molecule has 0 spiro atoms. The molecule has 38 heavy (non-hydrogen) atoms. The molecule has 2 aliphatic rings. The molecule has 5 heteroatoms. The zero-order chi connectivity index (χ0) is 26.2. The van der Waals surface area contributed by atoms with Gasteiger partial charge in [0.05, 0.1) is 0 Å². The van der Waals surface area contributed by atoms with E-state index in [1.807, 2.05) is 42.5 Å². The van der Waals surface area contributed by atoms with Crippen molar-refractivity contribution in [1.29, 1.82) is 0 Å². The van der Waals surface area contributed by atoms with E-state index in [2.05, 4.69) is 58.0 Å². The minimum atomic E-state index is 0.0666. The normalized spacial score (nSPS) is 16.3. The van der Waals surface area contributed by atoms with Gasteiger partial charge in [0, 0.05) is 30.5 Å². The molecule has 0 radical (unpaired) electrons. The standard InChI is InChI=1S/C33H39N3O2/c37-32(24-31(26-9-3-1-4-10-26)27-11-5-2-6-12-27)34-19-8-20-36-21-17-25(18-22-36)29-13-7-14-30(23-29)35-33(38)28-15-16-28/h1-7,9-14,23,25,28,31H,8,15-22,24H2,(H,34,37)(H,35,38). The molecule has 3 aromatic carbocycles. The van der Waals surface area contributed by atoms with Crippen LogP contribution in [-0.4, -0.2) is 42.9 Å². The first-order valence-corrected chi connectivity index (χ1v) is 14.2. The molecule has 0 unspecified atom stereocenters. The number of benzene rings is 3. The van der Waals surface area contributed by atoms with Crippen molar-refractivity contribution in [2.45, 2.75) is 50.4 Å². The van der Waals surface area contributed by atoms with Crippen molar-refractivity contribution >= 4 is 17.5 Å². The van der Waals surface area contributed by atoms with Gasteiger partial charge in [0.15, 0.2) is 0 Å². The fourth-order valence-corrected chi connectivity index (χ4v) is 5.54. The highest BCUT2D eigenvalue weighted by atomic mass is 16.2. The third kappa shape index (κ3) is 7.32. The zero-order valence-electron chi connectivity index (χ0n) is 22.1. The molecule has 1 saturated heterocycles. The van der Waals surface area contributed by atoms with Crippen LogP contribution in [0, 0.1) is 5.92 Å². The maximum Gasteiger partial charge on any atom is 0.227 e. The van der Waals surface area contributed by atoms with Gasteiger partial charge in [-0.25, -0.2) is 0 Å². The summed E-state index contributed by atoms with van der Waals surface area (Å²) in [6.45, 7) is 3.85. The third-order valence-electron chi connectivity index (χ3n) is 7.93. The van der Waals surface area contributed by atoms with Crippen LogP contribution >= 0.6 is 0 Å². The summed E-state index contributed by atoms with van der Waals surface area (Å²) in [4.78, 5) is 27.5. The summed E-state index contributed by atoms with van der Waals surface area (Å²) in [5, 5.41) is 6.24. The van der Waals surface area contributed by atoms with Gasteiger partial charge in [-0.3, -0.25) is 9.59 Å². The number of amides is 2. The Morgan fingerprint density at radius 1 is 0.816 bits per heavy atom. The highest BCUT2D eigenvalue weighted by Crippen LogP contribution is 2.32. The largest absolute Gasteiger partial charge is 0.356 e. The van der Waals surface area contributed by atoms with E-state index in [-0.39, 0.29) is 23.7 Å². The zero-order valence-corrected chi connectivity index (χ0v) is 22.1. The highest BCUT2D eigenvalue weighted by Gasteiger charge is 2.29. The summed E-state index contributed by atoms with van der Waals surface area (Å²) in [6.07, 6.45) is 5.72. The van der Waals surface area contributed by atoms with Crippen LogP contribution in [0.4, 0.5) is 5.69 Å². The number of anilines is 1. The lowest BCUT2D eigenvalue weighted by Gasteiger charge is -2.32. The lowest BCUT2D eigenvalue weighted by Crippen LogP contribution is -2.35. The third-order valence-corrected chi connectivity index (χ3v) is 7.93.